The number of aromatic nitrogens is 3. The van der Waals surface area contributed by atoms with Gasteiger partial charge in [-0.2, -0.15) is 0 Å². The Hall–Kier alpha value is -2.14. The molecule has 5 heteroatoms. The van der Waals surface area contributed by atoms with E-state index in [0.29, 0.717) is 5.13 Å². The van der Waals surface area contributed by atoms with Gasteiger partial charge in [-0.15, -0.1) is 0 Å². The fraction of sp³-hybridized carbons (Fsp3) is 0.0769. The average molecular weight is 256 g/mol. The highest BCUT2D eigenvalue weighted by Gasteiger charge is 2.13. The van der Waals surface area contributed by atoms with Crippen molar-refractivity contribution in [3.63, 3.8) is 0 Å². The Morgan fingerprint density at radius 1 is 1.22 bits per heavy atom. The molecule has 2 heterocycles. The number of aryl methyl sites for hydroxylation is 1. The number of nitrogen functional groups attached to an aromatic ring is 1. The summed E-state index contributed by atoms with van der Waals surface area (Å²) in [4.78, 5) is 8.65. The topological polar surface area (TPSA) is 56.7 Å². The Bertz CT molecular complexity index is 669. The predicted octanol–water partition coefficient (Wildman–Crippen LogP) is 2.89. The van der Waals surface area contributed by atoms with Crippen LogP contribution in [0.5, 0.6) is 0 Å². The number of benzene rings is 1. The molecule has 90 valence electrons. The third-order valence-electron chi connectivity index (χ3n) is 2.62. The zero-order valence-corrected chi connectivity index (χ0v) is 10.7. The van der Waals surface area contributed by atoms with Crippen LogP contribution >= 0.6 is 11.3 Å². The molecule has 0 saturated heterocycles. The highest BCUT2D eigenvalue weighted by molar-refractivity contribution is 7.18. The maximum absolute atomic E-state index is 5.83. The Morgan fingerprint density at radius 3 is 2.67 bits per heavy atom. The summed E-state index contributed by atoms with van der Waals surface area (Å²) >= 11 is 1.47. The molecule has 0 aliphatic carbocycles. The quantitative estimate of drug-likeness (QED) is 0.767. The van der Waals surface area contributed by atoms with Gasteiger partial charge in [0.25, 0.3) is 0 Å². The van der Waals surface area contributed by atoms with Crippen LogP contribution in [-0.2, 0) is 0 Å². The number of hydrogen-bond acceptors (Lipinski definition) is 4. The molecule has 0 saturated carbocycles. The standard InChI is InChI=1S/C13H12N4S/c1-9-7-17(8-15-9)12-11(16-13(14)18-12)10-5-3-2-4-6-10/h2-8H,1H3,(H2,14,16). The Labute approximate surface area is 109 Å². The van der Waals surface area contributed by atoms with Crippen LogP contribution in [0, 0.1) is 6.92 Å². The SMILES string of the molecule is Cc1cn(-c2sc(N)nc2-c2ccccc2)cn1. The monoisotopic (exact) mass is 256 g/mol. The molecule has 0 atom stereocenters. The zero-order valence-electron chi connectivity index (χ0n) is 9.87. The molecule has 2 aromatic heterocycles. The predicted molar refractivity (Wildman–Crippen MR) is 73.8 cm³/mol. The summed E-state index contributed by atoms with van der Waals surface area (Å²) in [7, 11) is 0. The van der Waals surface area contributed by atoms with Crippen molar-refractivity contribution in [3.05, 3.63) is 48.5 Å². The molecule has 0 spiro atoms. The van der Waals surface area contributed by atoms with Crippen molar-refractivity contribution in [1.29, 1.82) is 0 Å². The van der Waals surface area contributed by atoms with E-state index in [2.05, 4.69) is 9.97 Å². The summed E-state index contributed by atoms with van der Waals surface area (Å²) < 4.78 is 1.96. The third-order valence-corrected chi connectivity index (χ3v) is 3.52. The molecular weight excluding hydrogens is 244 g/mol. The molecule has 18 heavy (non-hydrogen) atoms. The molecule has 0 radical (unpaired) electrons. The van der Waals surface area contributed by atoms with Gasteiger partial charge in [0.05, 0.1) is 5.69 Å². The molecule has 1 aromatic carbocycles. The van der Waals surface area contributed by atoms with Crippen molar-refractivity contribution >= 4 is 16.5 Å². The van der Waals surface area contributed by atoms with Crippen LogP contribution in [0.3, 0.4) is 0 Å². The van der Waals surface area contributed by atoms with E-state index in [9.17, 15) is 0 Å². The number of anilines is 1. The van der Waals surface area contributed by atoms with Gasteiger partial charge in [0.2, 0.25) is 0 Å². The van der Waals surface area contributed by atoms with Gasteiger partial charge in [0, 0.05) is 11.8 Å². The van der Waals surface area contributed by atoms with E-state index in [-0.39, 0.29) is 0 Å². The van der Waals surface area contributed by atoms with Crippen LogP contribution in [-0.4, -0.2) is 14.5 Å². The summed E-state index contributed by atoms with van der Waals surface area (Å²) in [5.74, 6) is 0. The Balaban J connectivity index is 2.16. The van der Waals surface area contributed by atoms with Crippen molar-refractivity contribution < 1.29 is 0 Å². The molecule has 0 aliphatic heterocycles. The van der Waals surface area contributed by atoms with Crippen molar-refractivity contribution in [2.45, 2.75) is 6.92 Å². The minimum absolute atomic E-state index is 0.565. The summed E-state index contributed by atoms with van der Waals surface area (Å²) in [6, 6.07) is 10.0. The lowest BCUT2D eigenvalue weighted by atomic mass is 10.2. The van der Waals surface area contributed by atoms with Crippen LogP contribution in [0.1, 0.15) is 5.69 Å². The smallest absolute Gasteiger partial charge is 0.182 e. The number of thiazole rings is 1. The molecule has 0 aliphatic rings. The molecule has 2 N–H and O–H groups in total. The molecule has 3 rings (SSSR count). The molecule has 0 bridgehead atoms. The second kappa shape index (κ2) is 4.27. The summed E-state index contributed by atoms with van der Waals surface area (Å²) in [6.45, 7) is 1.96. The van der Waals surface area contributed by atoms with Gasteiger partial charge >= 0.3 is 0 Å². The summed E-state index contributed by atoms with van der Waals surface area (Å²) in [5, 5.41) is 1.56. The number of nitrogens with zero attached hydrogens (tertiary/aromatic N) is 3. The lowest BCUT2D eigenvalue weighted by molar-refractivity contribution is 1.08. The van der Waals surface area contributed by atoms with Crippen molar-refractivity contribution in [1.82, 2.24) is 14.5 Å². The molecule has 0 amide bonds. The van der Waals surface area contributed by atoms with Gasteiger partial charge in [-0.3, -0.25) is 4.57 Å². The van der Waals surface area contributed by atoms with Crippen LogP contribution < -0.4 is 5.73 Å². The summed E-state index contributed by atoms with van der Waals surface area (Å²) in [5.41, 5.74) is 8.77. The molecular formula is C13H12N4S. The largest absolute Gasteiger partial charge is 0.375 e. The van der Waals surface area contributed by atoms with Crippen molar-refractivity contribution in [2.24, 2.45) is 0 Å². The van der Waals surface area contributed by atoms with Gasteiger partial charge in [-0.1, -0.05) is 41.7 Å². The van der Waals surface area contributed by atoms with E-state index >= 15 is 0 Å². The van der Waals surface area contributed by atoms with E-state index in [1.807, 2.05) is 48.0 Å². The van der Waals surface area contributed by atoms with Crippen LogP contribution in [0.15, 0.2) is 42.9 Å². The maximum Gasteiger partial charge on any atom is 0.182 e. The van der Waals surface area contributed by atoms with E-state index in [4.69, 9.17) is 5.73 Å². The van der Waals surface area contributed by atoms with Crippen LogP contribution in [0.2, 0.25) is 0 Å². The first-order valence-corrected chi connectivity index (χ1v) is 6.38. The molecule has 4 nitrogen and oxygen atoms in total. The van der Waals surface area contributed by atoms with Crippen molar-refractivity contribution in [2.75, 3.05) is 5.73 Å². The van der Waals surface area contributed by atoms with Gasteiger partial charge in [0.1, 0.15) is 17.0 Å². The third kappa shape index (κ3) is 1.89. The second-order valence-electron chi connectivity index (χ2n) is 3.99. The number of hydrogen-bond donors (Lipinski definition) is 1. The maximum atomic E-state index is 5.83. The Kier molecular flexibility index (Phi) is 2.60. The fourth-order valence-electron chi connectivity index (χ4n) is 1.82. The molecule has 0 fully saturated rings. The van der Waals surface area contributed by atoms with Crippen LogP contribution in [0.4, 0.5) is 5.13 Å². The molecule has 3 aromatic rings. The second-order valence-corrected chi connectivity index (χ2v) is 5.00. The van der Waals surface area contributed by atoms with E-state index in [0.717, 1.165) is 22.0 Å². The lowest BCUT2D eigenvalue weighted by Crippen LogP contribution is -1.90. The van der Waals surface area contributed by atoms with Gasteiger partial charge in [-0.05, 0) is 6.92 Å². The number of imidazole rings is 1. The average Bonchev–Trinajstić information content (AvgIpc) is 2.96. The number of nitrogens with two attached hydrogens (primary N) is 1. The van der Waals surface area contributed by atoms with E-state index in [1.165, 1.54) is 11.3 Å². The van der Waals surface area contributed by atoms with Gasteiger partial charge < -0.3 is 5.73 Å². The van der Waals surface area contributed by atoms with Crippen molar-refractivity contribution in [3.8, 4) is 16.3 Å². The first-order valence-electron chi connectivity index (χ1n) is 5.57. The number of rotatable bonds is 2. The van der Waals surface area contributed by atoms with Gasteiger partial charge in [-0.25, -0.2) is 9.97 Å². The lowest BCUT2D eigenvalue weighted by Gasteiger charge is -2.02. The first kappa shape index (κ1) is 11.0. The van der Waals surface area contributed by atoms with Gasteiger partial charge in [0.15, 0.2) is 5.13 Å². The van der Waals surface area contributed by atoms with Crippen LogP contribution in [0.25, 0.3) is 16.3 Å². The Morgan fingerprint density at radius 2 is 2.00 bits per heavy atom. The highest BCUT2D eigenvalue weighted by Crippen LogP contribution is 2.32. The van der Waals surface area contributed by atoms with E-state index in [1.54, 1.807) is 6.33 Å². The highest BCUT2D eigenvalue weighted by atomic mass is 32.1. The minimum Gasteiger partial charge on any atom is -0.375 e. The normalized spacial score (nSPS) is 10.7. The zero-order chi connectivity index (χ0) is 12.5. The van der Waals surface area contributed by atoms with E-state index < -0.39 is 0 Å². The minimum atomic E-state index is 0.565. The first-order chi connectivity index (χ1) is 8.74. The molecule has 0 unspecified atom stereocenters. The summed E-state index contributed by atoms with van der Waals surface area (Å²) in [6.07, 6.45) is 3.76. The fourth-order valence-corrected chi connectivity index (χ4v) is 2.62.